The summed E-state index contributed by atoms with van der Waals surface area (Å²) in [6.45, 7) is 9.93. The number of benzene rings is 2. The lowest BCUT2D eigenvalue weighted by molar-refractivity contribution is 0.0533. The van der Waals surface area contributed by atoms with Gasteiger partial charge in [0.05, 0.1) is 30.1 Å². The number of aromatic nitrogens is 1. The first-order valence-corrected chi connectivity index (χ1v) is 11.8. The van der Waals surface area contributed by atoms with Gasteiger partial charge in [-0.25, -0.2) is 0 Å². The molecule has 2 aliphatic heterocycles. The molecular weight excluding hydrogens is 428 g/mol. The van der Waals surface area contributed by atoms with E-state index in [9.17, 15) is 9.59 Å². The molecule has 0 radical (unpaired) electrons. The van der Waals surface area contributed by atoms with Gasteiger partial charge < -0.3 is 14.2 Å². The zero-order valence-corrected chi connectivity index (χ0v) is 20.0. The number of anilines is 1. The molecule has 0 bridgehead atoms. The number of carbonyl (C=O) groups is 2. The van der Waals surface area contributed by atoms with Crippen LogP contribution in [0.25, 0.3) is 5.69 Å². The Balaban J connectivity index is 1.30. The molecule has 2 aromatic carbocycles. The maximum Gasteiger partial charge on any atom is 0.264 e. The number of hydrogen-bond acceptors (Lipinski definition) is 5. The molecule has 0 unspecified atom stereocenters. The second-order valence-electron chi connectivity index (χ2n) is 8.78. The molecule has 1 aromatic heterocycles. The molecule has 1 fully saturated rings. The highest BCUT2D eigenvalue weighted by Gasteiger charge is 2.42. The topological polar surface area (TPSA) is 58.0 Å². The first-order valence-electron chi connectivity index (χ1n) is 11.8. The van der Waals surface area contributed by atoms with Gasteiger partial charge in [-0.15, -0.1) is 0 Å². The van der Waals surface area contributed by atoms with Gasteiger partial charge in [0.25, 0.3) is 11.8 Å². The monoisotopic (exact) mass is 458 g/mol. The van der Waals surface area contributed by atoms with Crippen LogP contribution in [-0.4, -0.2) is 65.6 Å². The van der Waals surface area contributed by atoms with Crippen LogP contribution >= 0.6 is 0 Å². The predicted molar refractivity (Wildman–Crippen MR) is 132 cm³/mol. The Hall–Kier alpha value is -3.58. The van der Waals surface area contributed by atoms with Crippen LogP contribution in [0.2, 0.25) is 0 Å². The summed E-state index contributed by atoms with van der Waals surface area (Å²) in [4.78, 5) is 32.6. The standard InChI is InChI=1S/C27H30N4O3/c1-4-34-23-13-9-8-12-22(23)29-16-14-28(15-17-29)18-30-26(32)24-19(2)31(20(3)25(24)27(30)33)21-10-6-5-7-11-21/h5-13H,4,14-18H2,1-3H3. The van der Waals surface area contributed by atoms with Gasteiger partial charge in [0.15, 0.2) is 0 Å². The number of fused-ring (bicyclic) bond motifs is 1. The summed E-state index contributed by atoms with van der Waals surface area (Å²) < 4.78 is 7.80. The van der Waals surface area contributed by atoms with Crippen LogP contribution in [0, 0.1) is 13.8 Å². The van der Waals surface area contributed by atoms with Crippen molar-refractivity contribution in [2.45, 2.75) is 20.8 Å². The number of nitrogens with zero attached hydrogens (tertiary/aromatic N) is 4. The quantitative estimate of drug-likeness (QED) is 0.525. The maximum absolute atomic E-state index is 13.3. The van der Waals surface area contributed by atoms with E-state index < -0.39 is 0 Å². The van der Waals surface area contributed by atoms with Crippen LogP contribution in [0.1, 0.15) is 39.0 Å². The Morgan fingerprint density at radius 3 is 2.00 bits per heavy atom. The number of amides is 2. The highest BCUT2D eigenvalue weighted by Crippen LogP contribution is 2.34. The Labute approximate surface area is 200 Å². The van der Waals surface area contributed by atoms with E-state index in [1.54, 1.807) is 0 Å². The van der Waals surface area contributed by atoms with Crippen molar-refractivity contribution in [2.24, 2.45) is 0 Å². The molecule has 1 saturated heterocycles. The van der Waals surface area contributed by atoms with Gasteiger partial charge in [-0.2, -0.15) is 0 Å². The van der Waals surface area contributed by atoms with Gasteiger partial charge in [0.2, 0.25) is 0 Å². The van der Waals surface area contributed by atoms with Gasteiger partial charge in [-0.1, -0.05) is 30.3 Å². The van der Waals surface area contributed by atoms with Crippen LogP contribution in [-0.2, 0) is 0 Å². The first-order chi connectivity index (χ1) is 16.5. The smallest absolute Gasteiger partial charge is 0.264 e. The molecule has 3 heterocycles. The van der Waals surface area contributed by atoms with Crippen LogP contribution in [0.15, 0.2) is 54.6 Å². The van der Waals surface area contributed by atoms with Crippen molar-refractivity contribution in [2.75, 3.05) is 44.4 Å². The van der Waals surface area contributed by atoms with Crippen molar-refractivity contribution in [3.8, 4) is 11.4 Å². The number of hydrogen-bond donors (Lipinski definition) is 0. The Kier molecular flexibility index (Phi) is 5.87. The number of carbonyl (C=O) groups excluding carboxylic acids is 2. The highest BCUT2D eigenvalue weighted by molar-refractivity contribution is 6.22. The van der Waals surface area contributed by atoms with Gasteiger partial charge in [-0.05, 0) is 45.0 Å². The molecule has 0 atom stereocenters. The molecular formula is C27H30N4O3. The SMILES string of the molecule is CCOc1ccccc1N1CCN(CN2C(=O)c3c(c(C)n(-c4ccccc4)c3C)C2=O)CC1. The summed E-state index contributed by atoms with van der Waals surface area (Å²) in [6, 6.07) is 17.9. The number of imide groups is 1. The Morgan fingerprint density at radius 1 is 0.794 bits per heavy atom. The molecule has 0 aliphatic carbocycles. The Morgan fingerprint density at radius 2 is 1.38 bits per heavy atom. The summed E-state index contributed by atoms with van der Waals surface area (Å²) in [7, 11) is 0. The average molecular weight is 459 g/mol. The third-order valence-corrected chi connectivity index (χ3v) is 6.80. The molecule has 2 aliphatic rings. The number of rotatable bonds is 6. The zero-order valence-electron chi connectivity index (χ0n) is 20.0. The second kappa shape index (κ2) is 8.99. The van der Waals surface area contributed by atoms with E-state index in [2.05, 4.69) is 15.9 Å². The fourth-order valence-electron chi connectivity index (χ4n) is 5.14. The van der Waals surface area contributed by atoms with Crippen LogP contribution in [0.4, 0.5) is 5.69 Å². The summed E-state index contributed by atoms with van der Waals surface area (Å²) in [5.41, 5.74) is 4.76. The minimum atomic E-state index is -0.195. The first kappa shape index (κ1) is 22.2. The normalized spacial score (nSPS) is 16.3. The van der Waals surface area contributed by atoms with Crippen molar-refractivity contribution >= 4 is 17.5 Å². The van der Waals surface area contributed by atoms with Gasteiger partial charge in [-0.3, -0.25) is 19.4 Å². The summed E-state index contributed by atoms with van der Waals surface area (Å²) >= 11 is 0. The molecule has 34 heavy (non-hydrogen) atoms. The third kappa shape index (κ3) is 3.66. The summed E-state index contributed by atoms with van der Waals surface area (Å²) in [5.74, 6) is 0.503. The molecule has 3 aromatic rings. The Bertz CT molecular complexity index is 1190. The van der Waals surface area contributed by atoms with Crippen molar-refractivity contribution in [3.05, 3.63) is 77.1 Å². The van der Waals surface area contributed by atoms with E-state index >= 15 is 0 Å². The zero-order chi connectivity index (χ0) is 23.8. The number of ether oxygens (including phenoxy) is 1. The van der Waals surface area contributed by atoms with E-state index in [1.807, 2.05) is 73.9 Å². The van der Waals surface area contributed by atoms with E-state index in [0.29, 0.717) is 24.4 Å². The average Bonchev–Trinajstić information content (AvgIpc) is 3.27. The molecule has 7 nitrogen and oxygen atoms in total. The molecule has 176 valence electrons. The second-order valence-corrected chi connectivity index (χ2v) is 8.78. The van der Waals surface area contributed by atoms with Crippen molar-refractivity contribution in [1.29, 1.82) is 0 Å². The van der Waals surface area contributed by atoms with Crippen molar-refractivity contribution in [1.82, 2.24) is 14.4 Å². The van der Waals surface area contributed by atoms with Crippen LogP contribution in [0.3, 0.4) is 0 Å². The van der Waals surface area contributed by atoms with Crippen molar-refractivity contribution < 1.29 is 14.3 Å². The van der Waals surface area contributed by atoms with Gasteiger partial charge in [0, 0.05) is 43.3 Å². The maximum atomic E-state index is 13.3. The lowest BCUT2D eigenvalue weighted by Crippen LogP contribution is -2.51. The van der Waals surface area contributed by atoms with Gasteiger partial charge in [0.1, 0.15) is 5.75 Å². The lowest BCUT2D eigenvalue weighted by atomic mass is 10.1. The number of para-hydroxylation sites is 3. The minimum Gasteiger partial charge on any atom is -0.492 e. The molecule has 2 amide bonds. The fraction of sp³-hybridized carbons (Fsp3) is 0.333. The van der Waals surface area contributed by atoms with Crippen LogP contribution in [0.5, 0.6) is 5.75 Å². The van der Waals surface area contributed by atoms with E-state index in [0.717, 1.165) is 54.7 Å². The third-order valence-electron chi connectivity index (χ3n) is 6.80. The fourth-order valence-corrected chi connectivity index (χ4v) is 5.14. The van der Waals surface area contributed by atoms with E-state index in [-0.39, 0.29) is 11.8 Å². The van der Waals surface area contributed by atoms with E-state index in [4.69, 9.17) is 4.74 Å². The summed E-state index contributed by atoms with van der Waals surface area (Å²) in [6.07, 6.45) is 0. The number of piperazine rings is 1. The summed E-state index contributed by atoms with van der Waals surface area (Å²) in [5, 5.41) is 0. The van der Waals surface area contributed by atoms with Crippen molar-refractivity contribution in [3.63, 3.8) is 0 Å². The lowest BCUT2D eigenvalue weighted by Gasteiger charge is -2.37. The minimum absolute atomic E-state index is 0.195. The molecule has 0 spiro atoms. The highest BCUT2D eigenvalue weighted by atomic mass is 16.5. The van der Waals surface area contributed by atoms with Crippen LogP contribution < -0.4 is 9.64 Å². The molecule has 5 rings (SSSR count). The predicted octanol–water partition coefficient (Wildman–Crippen LogP) is 3.87. The largest absolute Gasteiger partial charge is 0.492 e. The molecule has 7 heteroatoms. The van der Waals surface area contributed by atoms with E-state index in [1.165, 1.54) is 4.90 Å². The molecule has 0 saturated carbocycles. The van der Waals surface area contributed by atoms with Gasteiger partial charge >= 0.3 is 0 Å². The molecule has 0 N–H and O–H groups in total.